The number of hydrogen-bond acceptors (Lipinski definition) is 6. The second-order valence-corrected chi connectivity index (χ2v) is 7.25. The maximum absolute atomic E-state index is 11.8. The monoisotopic (exact) mass is 445 g/mol. The van der Waals surface area contributed by atoms with Crippen LogP contribution in [-0.4, -0.2) is 17.7 Å². The molecular weight excluding hydrogens is 425 g/mol. The highest BCUT2D eigenvalue weighted by molar-refractivity contribution is 6.30. The first-order chi connectivity index (χ1) is 14.4. The average Bonchev–Trinajstić information content (AvgIpc) is 2.71. The van der Waals surface area contributed by atoms with Crippen LogP contribution in [0.4, 0.5) is 27.8 Å². The molecule has 1 aromatic heterocycles. The normalized spacial score (nSPS) is 10.7. The predicted octanol–water partition coefficient (Wildman–Crippen LogP) is 5.32. The molecule has 0 atom stereocenters. The zero-order valence-electron chi connectivity index (χ0n) is 16.2. The minimum Gasteiger partial charge on any atom is -0.450 e. The van der Waals surface area contributed by atoms with E-state index in [9.17, 15) is 4.79 Å². The van der Waals surface area contributed by atoms with Crippen molar-refractivity contribution in [1.82, 2.24) is 4.98 Å². The summed E-state index contributed by atoms with van der Waals surface area (Å²) in [6, 6.07) is 16.2. The van der Waals surface area contributed by atoms with Crippen molar-refractivity contribution < 1.29 is 9.53 Å². The first kappa shape index (κ1) is 21.5. The second kappa shape index (κ2) is 9.56. The van der Waals surface area contributed by atoms with Gasteiger partial charge in [0, 0.05) is 16.1 Å². The molecule has 30 heavy (non-hydrogen) atoms. The Balaban J connectivity index is 1.99. The third-order valence-corrected chi connectivity index (χ3v) is 4.80. The fraction of sp³-hybridized carbons (Fsp3) is 0.143. The summed E-state index contributed by atoms with van der Waals surface area (Å²) in [7, 11) is 0. The maximum atomic E-state index is 11.8. The van der Waals surface area contributed by atoms with Crippen LogP contribution in [0.2, 0.25) is 10.0 Å². The van der Waals surface area contributed by atoms with Crippen molar-refractivity contribution >= 4 is 52.3 Å². The van der Waals surface area contributed by atoms with Gasteiger partial charge in [0.25, 0.3) is 0 Å². The standard InChI is InChI=1S/C21H21Cl2N5O2/c1-2-30-21(29)28-17-11-16(18(24)20(25)27-17)26-19(12-3-7-14(22)8-4-12)13-5-9-15(23)10-6-13/h3-11,19H,2,24H2,1H3,(H4,25,26,27,28,29). The van der Waals surface area contributed by atoms with Crippen molar-refractivity contribution in [2.45, 2.75) is 13.0 Å². The molecule has 3 aromatic rings. The van der Waals surface area contributed by atoms with Gasteiger partial charge in [-0.25, -0.2) is 9.78 Å². The number of rotatable bonds is 6. The van der Waals surface area contributed by atoms with Crippen LogP contribution in [-0.2, 0) is 4.74 Å². The lowest BCUT2D eigenvalue weighted by Gasteiger charge is -2.23. The molecular formula is C21H21Cl2N5O2. The molecule has 0 aliphatic carbocycles. The molecule has 6 N–H and O–H groups in total. The smallest absolute Gasteiger partial charge is 0.412 e. The molecule has 7 nitrogen and oxygen atoms in total. The summed E-state index contributed by atoms with van der Waals surface area (Å²) in [5.41, 5.74) is 14.8. The Morgan fingerprint density at radius 3 is 2.07 bits per heavy atom. The molecule has 0 aliphatic heterocycles. The molecule has 3 rings (SSSR count). The van der Waals surface area contributed by atoms with Crippen molar-refractivity contribution in [2.75, 3.05) is 28.7 Å². The van der Waals surface area contributed by atoms with E-state index in [1.807, 2.05) is 24.3 Å². The Morgan fingerprint density at radius 2 is 1.57 bits per heavy atom. The van der Waals surface area contributed by atoms with Crippen LogP contribution in [0, 0.1) is 0 Å². The van der Waals surface area contributed by atoms with Gasteiger partial charge in [0.05, 0.1) is 24.0 Å². The molecule has 0 fully saturated rings. The Kier molecular flexibility index (Phi) is 6.87. The number of benzene rings is 2. The van der Waals surface area contributed by atoms with Gasteiger partial charge in [-0.05, 0) is 42.3 Å². The molecule has 0 saturated heterocycles. The molecule has 156 valence electrons. The maximum Gasteiger partial charge on any atom is 0.412 e. The molecule has 0 unspecified atom stereocenters. The molecule has 0 aliphatic rings. The van der Waals surface area contributed by atoms with E-state index < -0.39 is 6.09 Å². The van der Waals surface area contributed by atoms with Crippen LogP contribution in [0.3, 0.4) is 0 Å². The number of nitrogens with one attached hydrogen (secondary N) is 2. The lowest BCUT2D eigenvalue weighted by molar-refractivity contribution is 0.168. The van der Waals surface area contributed by atoms with E-state index in [0.29, 0.717) is 15.7 Å². The fourth-order valence-corrected chi connectivity index (χ4v) is 3.11. The highest BCUT2D eigenvalue weighted by Gasteiger charge is 2.18. The number of carbonyl (C=O) groups is 1. The average molecular weight is 446 g/mol. The molecule has 9 heteroatoms. The largest absolute Gasteiger partial charge is 0.450 e. The van der Waals surface area contributed by atoms with Crippen molar-refractivity contribution in [2.24, 2.45) is 0 Å². The topological polar surface area (TPSA) is 115 Å². The van der Waals surface area contributed by atoms with Crippen LogP contribution >= 0.6 is 23.2 Å². The van der Waals surface area contributed by atoms with Crippen molar-refractivity contribution in [3.05, 3.63) is 75.8 Å². The first-order valence-corrected chi connectivity index (χ1v) is 9.90. The number of nitrogens with two attached hydrogens (primary N) is 2. The number of amides is 1. The lowest BCUT2D eigenvalue weighted by Crippen LogP contribution is -2.17. The molecule has 1 amide bonds. The third-order valence-electron chi connectivity index (χ3n) is 4.30. The summed E-state index contributed by atoms with van der Waals surface area (Å²) < 4.78 is 4.89. The summed E-state index contributed by atoms with van der Waals surface area (Å²) in [6.07, 6.45) is -0.632. The Morgan fingerprint density at radius 1 is 1.03 bits per heavy atom. The van der Waals surface area contributed by atoms with Crippen LogP contribution in [0.1, 0.15) is 24.1 Å². The van der Waals surface area contributed by atoms with E-state index in [0.717, 1.165) is 11.1 Å². The summed E-state index contributed by atoms with van der Waals surface area (Å²) in [6.45, 7) is 1.94. The van der Waals surface area contributed by atoms with Crippen LogP contribution < -0.4 is 22.1 Å². The van der Waals surface area contributed by atoms with E-state index in [4.69, 9.17) is 39.4 Å². The Hall–Kier alpha value is -3.16. The van der Waals surface area contributed by atoms with Gasteiger partial charge in [-0.1, -0.05) is 47.5 Å². The summed E-state index contributed by atoms with van der Waals surface area (Å²) in [5.74, 6) is 0.298. The number of pyridine rings is 1. The zero-order chi connectivity index (χ0) is 21.7. The van der Waals surface area contributed by atoms with Crippen LogP contribution in [0.25, 0.3) is 0 Å². The van der Waals surface area contributed by atoms with Gasteiger partial charge in [-0.3, -0.25) is 5.32 Å². The number of nitrogen functional groups attached to an aromatic ring is 2. The van der Waals surface area contributed by atoms with Gasteiger partial charge >= 0.3 is 6.09 Å². The zero-order valence-corrected chi connectivity index (χ0v) is 17.7. The molecule has 1 heterocycles. The minimum atomic E-state index is -0.632. The fourth-order valence-electron chi connectivity index (χ4n) is 2.85. The number of nitrogens with zero attached hydrogens (tertiary/aromatic N) is 1. The number of carbonyl (C=O) groups excluding carboxylic acids is 1. The van der Waals surface area contributed by atoms with Gasteiger partial charge < -0.3 is 21.5 Å². The molecule has 2 aromatic carbocycles. The van der Waals surface area contributed by atoms with Crippen LogP contribution in [0.5, 0.6) is 0 Å². The summed E-state index contributed by atoms with van der Waals surface area (Å²) in [5, 5.41) is 7.17. The first-order valence-electron chi connectivity index (χ1n) is 9.14. The Bertz CT molecular complexity index is 981. The second-order valence-electron chi connectivity index (χ2n) is 6.38. The number of hydrogen-bond donors (Lipinski definition) is 4. The molecule has 0 spiro atoms. The van der Waals surface area contributed by atoms with Crippen LogP contribution in [0.15, 0.2) is 54.6 Å². The summed E-state index contributed by atoms with van der Waals surface area (Å²) in [4.78, 5) is 15.9. The number of ether oxygens (including phenoxy) is 1. The SMILES string of the molecule is CCOC(=O)Nc1cc(NC(c2ccc(Cl)cc2)c2ccc(Cl)cc2)c(N)c(N)n1. The lowest BCUT2D eigenvalue weighted by atomic mass is 9.98. The quantitative estimate of drug-likeness (QED) is 0.407. The van der Waals surface area contributed by atoms with E-state index in [1.54, 1.807) is 37.3 Å². The summed E-state index contributed by atoms with van der Waals surface area (Å²) >= 11 is 12.1. The predicted molar refractivity (Wildman–Crippen MR) is 122 cm³/mol. The Labute approximate surface area is 184 Å². The van der Waals surface area contributed by atoms with Crippen molar-refractivity contribution in [1.29, 1.82) is 0 Å². The van der Waals surface area contributed by atoms with E-state index >= 15 is 0 Å². The number of aromatic nitrogens is 1. The van der Waals surface area contributed by atoms with Crippen molar-refractivity contribution in [3.63, 3.8) is 0 Å². The van der Waals surface area contributed by atoms with Gasteiger partial charge in [-0.2, -0.15) is 0 Å². The van der Waals surface area contributed by atoms with E-state index in [1.165, 1.54) is 0 Å². The number of anilines is 4. The van der Waals surface area contributed by atoms with Crippen molar-refractivity contribution in [3.8, 4) is 0 Å². The van der Waals surface area contributed by atoms with E-state index in [-0.39, 0.29) is 30.0 Å². The van der Waals surface area contributed by atoms with Gasteiger partial charge in [0.2, 0.25) is 0 Å². The molecule has 0 saturated carbocycles. The number of halogens is 2. The van der Waals surface area contributed by atoms with Gasteiger partial charge in [0.15, 0.2) is 5.82 Å². The van der Waals surface area contributed by atoms with E-state index in [2.05, 4.69) is 15.6 Å². The van der Waals surface area contributed by atoms with Gasteiger partial charge in [-0.15, -0.1) is 0 Å². The highest BCUT2D eigenvalue weighted by Crippen LogP contribution is 2.34. The molecule has 0 bridgehead atoms. The minimum absolute atomic E-state index is 0.0813. The highest BCUT2D eigenvalue weighted by atomic mass is 35.5. The third kappa shape index (κ3) is 5.25. The molecule has 0 radical (unpaired) electrons. The van der Waals surface area contributed by atoms with Gasteiger partial charge in [0.1, 0.15) is 5.82 Å².